The Bertz CT molecular complexity index is 781. The van der Waals surface area contributed by atoms with Gasteiger partial charge in [-0.2, -0.15) is 0 Å². The first-order valence-corrected chi connectivity index (χ1v) is 6.50. The second-order valence-electron chi connectivity index (χ2n) is 4.81. The number of anilines is 1. The molecule has 0 aliphatic heterocycles. The fraction of sp³-hybridized carbons (Fsp3) is 0.125. The van der Waals surface area contributed by atoms with E-state index in [1.807, 2.05) is 32.0 Å². The number of hydrazine groups is 1. The van der Waals surface area contributed by atoms with Crippen molar-refractivity contribution in [3.8, 4) is 11.4 Å². The van der Waals surface area contributed by atoms with Gasteiger partial charge in [-0.3, -0.25) is 0 Å². The van der Waals surface area contributed by atoms with E-state index < -0.39 is 0 Å². The number of nitrogens with two attached hydrogens (primary N) is 1. The lowest BCUT2D eigenvalue weighted by molar-refractivity contribution is 1.06. The molecule has 4 heteroatoms. The van der Waals surface area contributed by atoms with Gasteiger partial charge in [0.1, 0.15) is 5.82 Å². The van der Waals surface area contributed by atoms with E-state index in [9.17, 15) is 0 Å². The minimum atomic E-state index is 0.667. The van der Waals surface area contributed by atoms with Crippen LogP contribution in [-0.2, 0) is 0 Å². The van der Waals surface area contributed by atoms with Crippen molar-refractivity contribution in [1.29, 1.82) is 0 Å². The number of rotatable bonds is 2. The monoisotopic (exact) mass is 264 g/mol. The molecule has 0 radical (unpaired) electrons. The molecule has 0 unspecified atom stereocenters. The zero-order chi connectivity index (χ0) is 14.1. The van der Waals surface area contributed by atoms with Crippen LogP contribution in [0.2, 0.25) is 0 Å². The molecule has 0 atom stereocenters. The van der Waals surface area contributed by atoms with Gasteiger partial charge in [0.2, 0.25) is 0 Å². The number of aryl methyl sites for hydroxylation is 1. The van der Waals surface area contributed by atoms with Gasteiger partial charge in [0.05, 0.1) is 0 Å². The van der Waals surface area contributed by atoms with Gasteiger partial charge in [0.25, 0.3) is 0 Å². The zero-order valence-electron chi connectivity index (χ0n) is 11.5. The normalized spacial score (nSPS) is 10.8. The third kappa shape index (κ3) is 2.10. The van der Waals surface area contributed by atoms with Gasteiger partial charge < -0.3 is 5.43 Å². The number of aromatic nitrogens is 2. The Balaban J connectivity index is 2.17. The second kappa shape index (κ2) is 4.90. The SMILES string of the molecule is Cc1nc(-c2ccc3ccccc3c2)nc(NN)c1C. The van der Waals surface area contributed by atoms with E-state index in [4.69, 9.17) is 5.84 Å². The van der Waals surface area contributed by atoms with Crippen molar-refractivity contribution in [2.24, 2.45) is 5.84 Å². The molecule has 0 saturated carbocycles. The van der Waals surface area contributed by atoms with E-state index in [0.717, 1.165) is 16.8 Å². The van der Waals surface area contributed by atoms with Crippen LogP contribution in [0.4, 0.5) is 5.82 Å². The maximum Gasteiger partial charge on any atom is 0.161 e. The van der Waals surface area contributed by atoms with E-state index in [0.29, 0.717) is 11.6 Å². The van der Waals surface area contributed by atoms with E-state index in [-0.39, 0.29) is 0 Å². The molecule has 0 aliphatic rings. The zero-order valence-corrected chi connectivity index (χ0v) is 11.5. The van der Waals surface area contributed by atoms with Crippen LogP contribution in [0.3, 0.4) is 0 Å². The fourth-order valence-corrected chi connectivity index (χ4v) is 2.23. The van der Waals surface area contributed by atoms with Gasteiger partial charge in [0.15, 0.2) is 5.82 Å². The Hall–Kier alpha value is -2.46. The van der Waals surface area contributed by atoms with E-state index in [2.05, 4.69) is 39.7 Å². The first-order chi connectivity index (χ1) is 9.69. The summed E-state index contributed by atoms with van der Waals surface area (Å²) in [4.78, 5) is 9.03. The van der Waals surface area contributed by atoms with Crippen molar-refractivity contribution >= 4 is 16.6 Å². The van der Waals surface area contributed by atoms with Gasteiger partial charge >= 0.3 is 0 Å². The number of hydrogen-bond donors (Lipinski definition) is 2. The van der Waals surface area contributed by atoms with Crippen LogP contribution in [0, 0.1) is 13.8 Å². The lowest BCUT2D eigenvalue weighted by atomic mass is 10.1. The molecule has 20 heavy (non-hydrogen) atoms. The standard InChI is InChI=1S/C16H16N4/c1-10-11(2)18-16(19-15(10)20-17)14-8-7-12-5-3-4-6-13(12)9-14/h3-9H,17H2,1-2H3,(H,18,19,20). The van der Waals surface area contributed by atoms with Crippen LogP contribution in [0.15, 0.2) is 42.5 Å². The van der Waals surface area contributed by atoms with Crippen LogP contribution < -0.4 is 11.3 Å². The molecule has 3 N–H and O–H groups in total. The number of nitrogen functional groups attached to an aromatic ring is 1. The summed E-state index contributed by atoms with van der Waals surface area (Å²) in [7, 11) is 0. The molecule has 0 spiro atoms. The van der Waals surface area contributed by atoms with E-state index in [1.54, 1.807) is 0 Å². The molecule has 100 valence electrons. The van der Waals surface area contributed by atoms with Crippen LogP contribution >= 0.6 is 0 Å². The topological polar surface area (TPSA) is 63.8 Å². The van der Waals surface area contributed by atoms with Crippen molar-refractivity contribution in [3.05, 3.63) is 53.7 Å². The summed E-state index contributed by atoms with van der Waals surface area (Å²) in [5.41, 5.74) is 5.52. The predicted molar refractivity (Wildman–Crippen MR) is 82.3 cm³/mol. The minimum Gasteiger partial charge on any atom is -0.308 e. The number of hydrogen-bond acceptors (Lipinski definition) is 4. The van der Waals surface area contributed by atoms with Crippen LogP contribution in [0.1, 0.15) is 11.3 Å². The van der Waals surface area contributed by atoms with Crippen LogP contribution in [0.25, 0.3) is 22.2 Å². The molecular formula is C16H16N4. The Morgan fingerprint density at radius 1 is 0.950 bits per heavy atom. The van der Waals surface area contributed by atoms with Crippen molar-refractivity contribution in [1.82, 2.24) is 9.97 Å². The molecule has 0 saturated heterocycles. The van der Waals surface area contributed by atoms with Crippen molar-refractivity contribution in [2.75, 3.05) is 5.43 Å². The summed E-state index contributed by atoms with van der Waals surface area (Å²) in [5, 5.41) is 2.38. The fourth-order valence-electron chi connectivity index (χ4n) is 2.23. The number of benzene rings is 2. The number of nitrogens with zero attached hydrogens (tertiary/aromatic N) is 2. The van der Waals surface area contributed by atoms with Gasteiger partial charge in [-0.25, -0.2) is 15.8 Å². The average Bonchev–Trinajstić information content (AvgIpc) is 2.49. The first kappa shape index (κ1) is 12.6. The van der Waals surface area contributed by atoms with Gasteiger partial charge in [0, 0.05) is 16.8 Å². The molecule has 4 nitrogen and oxygen atoms in total. The highest BCUT2D eigenvalue weighted by Gasteiger charge is 2.09. The average molecular weight is 264 g/mol. The van der Waals surface area contributed by atoms with Gasteiger partial charge in [-0.1, -0.05) is 36.4 Å². The molecule has 3 aromatic rings. The first-order valence-electron chi connectivity index (χ1n) is 6.50. The third-order valence-corrected chi connectivity index (χ3v) is 3.53. The summed E-state index contributed by atoms with van der Waals surface area (Å²) >= 11 is 0. The highest BCUT2D eigenvalue weighted by molar-refractivity contribution is 5.86. The Labute approximate surface area is 117 Å². The summed E-state index contributed by atoms with van der Waals surface area (Å²) in [6.45, 7) is 3.91. The van der Waals surface area contributed by atoms with Crippen molar-refractivity contribution in [2.45, 2.75) is 13.8 Å². The van der Waals surface area contributed by atoms with E-state index in [1.165, 1.54) is 10.8 Å². The summed E-state index contributed by atoms with van der Waals surface area (Å²) in [5.74, 6) is 6.87. The molecular weight excluding hydrogens is 248 g/mol. The molecule has 3 rings (SSSR count). The lowest BCUT2D eigenvalue weighted by Gasteiger charge is -2.10. The number of nitrogens with one attached hydrogen (secondary N) is 1. The maximum absolute atomic E-state index is 5.52. The van der Waals surface area contributed by atoms with Crippen LogP contribution in [-0.4, -0.2) is 9.97 Å². The Morgan fingerprint density at radius 2 is 1.70 bits per heavy atom. The van der Waals surface area contributed by atoms with Crippen molar-refractivity contribution < 1.29 is 0 Å². The van der Waals surface area contributed by atoms with Crippen LogP contribution in [0.5, 0.6) is 0 Å². The second-order valence-corrected chi connectivity index (χ2v) is 4.81. The maximum atomic E-state index is 5.52. The molecule has 2 aromatic carbocycles. The highest BCUT2D eigenvalue weighted by Crippen LogP contribution is 2.24. The smallest absolute Gasteiger partial charge is 0.161 e. The highest BCUT2D eigenvalue weighted by atomic mass is 15.3. The molecule has 0 fully saturated rings. The Morgan fingerprint density at radius 3 is 2.45 bits per heavy atom. The quantitative estimate of drug-likeness (QED) is 0.551. The Kier molecular flexibility index (Phi) is 3.08. The van der Waals surface area contributed by atoms with Gasteiger partial charge in [-0.05, 0) is 30.7 Å². The van der Waals surface area contributed by atoms with Gasteiger partial charge in [-0.15, -0.1) is 0 Å². The summed E-state index contributed by atoms with van der Waals surface area (Å²) in [6, 6.07) is 14.5. The molecule has 1 aromatic heterocycles. The molecule has 1 heterocycles. The molecule has 0 aliphatic carbocycles. The minimum absolute atomic E-state index is 0.667. The van der Waals surface area contributed by atoms with Crippen molar-refractivity contribution in [3.63, 3.8) is 0 Å². The summed E-state index contributed by atoms with van der Waals surface area (Å²) < 4.78 is 0. The molecule has 0 bridgehead atoms. The largest absolute Gasteiger partial charge is 0.308 e. The summed E-state index contributed by atoms with van der Waals surface area (Å²) in [6.07, 6.45) is 0. The lowest BCUT2D eigenvalue weighted by Crippen LogP contribution is -2.12. The predicted octanol–water partition coefficient (Wildman–Crippen LogP) is 3.20. The van der Waals surface area contributed by atoms with E-state index >= 15 is 0 Å². The number of fused-ring (bicyclic) bond motifs is 1. The third-order valence-electron chi connectivity index (χ3n) is 3.53. The molecule has 0 amide bonds.